The average molecular weight is 400 g/mol. The molecule has 0 bridgehead atoms. The summed E-state index contributed by atoms with van der Waals surface area (Å²) in [7, 11) is 0. The Kier molecular flexibility index (Phi) is 5.41. The van der Waals surface area contributed by atoms with Gasteiger partial charge in [-0.1, -0.05) is 60.3 Å². The number of nitrogens with zero attached hydrogens (tertiary/aromatic N) is 4. The Morgan fingerprint density at radius 2 is 1.69 bits per heavy atom. The number of hydrogen-bond acceptors (Lipinski definition) is 4. The van der Waals surface area contributed by atoms with Gasteiger partial charge in [-0.25, -0.2) is 4.39 Å². The summed E-state index contributed by atoms with van der Waals surface area (Å²) >= 11 is 1.47. The maximum Gasteiger partial charge on any atom is 0.196 e. The van der Waals surface area contributed by atoms with Crippen molar-refractivity contribution in [1.29, 1.82) is 5.26 Å². The van der Waals surface area contributed by atoms with Gasteiger partial charge in [0.05, 0.1) is 22.9 Å². The molecule has 0 atom stereocenters. The quantitative estimate of drug-likeness (QED) is 0.412. The van der Waals surface area contributed by atoms with E-state index < -0.39 is 0 Å². The molecule has 0 aliphatic rings. The van der Waals surface area contributed by atoms with E-state index in [1.807, 2.05) is 54.0 Å². The number of aryl methyl sites for hydroxylation is 1. The second kappa shape index (κ2) is 8.29. The molecule has 0 unspecified atom stereocenters. The summed E-state index contributed by atoms with van der Waals surface area (Å²) in [6.45, 7) is 2.00. The molecule has 0 saturated heterocycles. The van der Waals surface area contributed by atoms with Crippen LogP contribution in [0.2, 0.25) is 0 Å². The first-order valence-electron chi connectivity index (χ1n) is 9.06. The maximum atomic E-state index is 14.5. The van der Waals surface area contributed by atoms with Gasteiger partial charge in [0.25, 0.3) is 0 Å². The Bertz CT molecular complexity index is 1210. The van der Waals surface area contributed by atoms with E-state index in [0.717, 1.165) is 16.8 Å². The van der Waals surface area contributed by atoms with Gasteiger partial charge in [-0.15, -0.1) is 10.2 Å². The molecule has 0 N–H and O–H groups in total. The van der Waals surface area contributed by atoms with Crippen LogP contribution in [0.1, 0.15) is 16.7 Å². The Morgan fingerprint density at radius 1 is 0.966 bits per heavy atom. The Labute approximate surface area is 172 Å². The van der Waals surface area contributed by atoms with E-state index in [0.29, 0.717) is 27.9 Å². The average Bonchev–Trinajstić information content (AvgIpc) is 3.16. The molecule has 29 heavy (non-hydrogen) atoms. The maximum absolute atomic E-state index is 14.5. The molecule has 142 valence electrons. The van der Waals surface area contributed by atoms with Crippen LogP contribution in [0.3, 0.4) is 0 Å². The first-order chi connectivity index (χ1) is 14.2. The molecule has 0 aliphatic carbocycles. The number of hydrogen-bond donors (Lipinski definition) is 0. The van der Waals surface area contributed by atoms with Crippen LogP contribution in [0.15, 0.2) is 78.0 Å². The van der Waals surface area contributed by atoms with E-state index >= 15 is 0 Å². The number of rotatable bonds is 5. The van der Waals surface area contributed by atoms with Gasteiger partial charge in [-0.2, -0.15) is 5.26 Å². The Hall–Kier alpha value is -3.43. The molecule has 1 aromatic heterocycles. The van der Waals surface area contributed by atoms with E-state index in [2.05, 4.69) is 16.3 Å². The Balaban J connectivity index is 1.80. The smallest absolute Gasteiger partial charge is 0.196 e. The predicted octanol–water partition coefficient (Wildman–Crippen LogP) is 5.55. The van der Waals surface area contributed by atoms with E-state index in [4.69, 9.17) is 0 Å². The molecule has 6 heteroatoms. The summed E-state index contributed by atoms with van der Waals surface area (Å²) in [5.41, 5.74) is 3.88. The molecule has 0 radical (unpaired) electrons. The molecule has 4 rings (SSSR count). The standard InChI is InChI=1S/C23H17FN4S/c1-16-8-2-7-13-21(16)28-22(19-11-5-6-12-20(19)24)26-27-23(28)29-15-18-10-4-3-9-17(18)14-25/h2-13H,15H2,1H3. The number of benzene rings is 3. The van der Waals surface area contributed by atoms with E-state index in [-0.39, 0.29) is 5.82 Å². The minimum atomic E-state index is -0.346. The van der Waals surface area contributed by atoms with Crippen molar-refractivity contribution in [3.05, 3.63) is 95.3 Å². The van der Waals surface area contributed by atoms with E-state index in [1.165, 1.54) is 17.8 Å². The summed E-state index contributed by atoms with van der Waals surface area (Å²) in [5, 5.41) is 18.6. The highest BCUT2D eigenvalue weighted by molar-refractivity contribution is 7.98. The molecule has 0 amide bonds. The first kappa shape index (κ1) is 18.9. The third-order valence-electron chi connectivity index (χ3n) is 4.60. The van der Waals surface area contributed by atoms with Crippen molar-refractivity contribution < 1.29 is 4.39 Å². The van der Waals surface area contributed by atoms with Gasteiger partial charge in [-0.05, 0) is 42.3 Å². The summed E-state index contributed by atoms with van der Waals surface area (Å²) in [4.78, 5) is 0. The van der Waals surface area contributed by atoms with Gasteiger partial charge in [0.2, 0.25) is 0 Å². The van der Waals surface area contributed by atoms with Crippen molar-refractivity contribution in [3.63, 3.8) is 0 Å². The molecular weight excluding hydrogens is 383 g/mol. The van der Waals surface area contributed by atoms with Crippen molar-refractivity contribution in [3.8, 4) is 23.1 Å². The Morgan fingerprint density at radius 3 is 2.48 bits per heavy atom. The molecule has 3 aromatic carbocycles. The van der Waals surface area contributed by atoms with Gasteiger partial charge in [-0.3, -0.25) is 4.57 Å². The fourth-order valence-electron chi connectivity index (χ4n) is 3.11. The van der Waals surface area contributed by atoms with E-state index in [1.54, 1.807) is 24.3 Å². The number of para-hydroxylation sites is 1. The first-order valence-corrected chi connectivity index (χ1v) is 10.0. The second-order valence-corrected chi connectivity index (χ2v) is 7.41. The monoisotopic (exact) mass is 400 g/mol. The van der Waals surface area contributed by atoms with Crippen LogP contribution in [0.25, 0.3) is 17.1 Å². The SMILES string of the molecule is Cc1ccccc1-n1c(SCc2ccccc2C#N)nnc1-c1ccccc1F. The lowest BCUT2D eigenvalue weighted by molar-refractivity contribution is 0.629. The predicted molar refractivity (Wildman–Crippen MR) is 112 cm³/mol. The normalized spacial score (nSPS) is 10.7. The van der Waals surface area contributed by atoms with Gasteiger partial charge in [0.1, 0.15) is 5.82 Å². The van der Waals surface area contributed by atoms with Gasteiger partial charge in [0.15, 0.2) is 11.0 Å². The molecule has 4 aromatic rings. The van der Waals surface area contributed by atoms with Crippen LogP contribution in [-0.4, -0.2) is 14.8 Å². The summed E-state index contributed by atoms with van der Waals surface area (Å²) < 4.78 is 16.4. The van der Waals surface area contributed by atoms with Crippen LogP contribution in [0, 0.1) is 24.1 Å². The molecule has 0 saturated carbocycles. The van der Waals surface area contributed by atoms with Crippen molar-refractivity contribution in [2.75, 3.05) is 0 Å². The lowest BCUT2D eigenvalue weighted by Crippen LogP contribution is -2.03. The third-order valence-corrected chi connectivity index (χ3v) is 5.58. The van der Waals surface area contributed by atoms with E-state index in [9.17, 15) is 9.65 Å². The lowest BCUT2D eigenvalue weighted by atomic mass is 10.1. The molecule has 4 nitrogen and oxygen atoms in total. The minimum absolute atomic E-state index is 0.346. The zero-order valence-corrected chi connectivity index (χ0v) is 16.5. The number of nitriles is 1. The highest BCUT2D eigenvalue weighted by Crippen LogP contribution is 2.32. The van der Waals surface area contributed by atoms with Gasteiger partial charge >= 0.3 is 0 Å². The molecule has 0 aliphatic heterocycles. The number of aromatic nitrogens is 3. The van der Waals surface area contributed by atoms with Crippen LogP contribution in [-0.2, 0) is 5.75 Å². The number of halogens is 1. The summed E-state index contributed by atoms with van der Waals surface area (Å²) in [5.74, 6) is 0.667. The molecule has 0 spiro atoms. The zero-order chi connectivity index (χ0) is 20.2. The largest absolute Gasteiger partial charge is 0.270 e. The number of thioether (sulfide) groups is 1. The van der Waals surface area contributed by atoms with Crippen LogP contribution < -0.4 is 0 Å². The summed E-state index contributed by atoms with van der Waals surface area (Å²) in [6.07, 6.45) is 0. The van der Waals surface area contributed by atoms with Crippen molar-refractivity contribution >= 4 is 11.8 Å². The van der Waals surface area contributed by atoms with Crippen LogP contribution in [0.4, 0.5) is 4.39 Å². The van der Waals surface area contributed by atoms with Gasteiger partial charge in [0, 0.05) is 5.75 Å². The van der Waals surface area contributed by atoms with Crippen LogP contribution in [0.5, 0.6) is 0 Å². The second-order valence-electron chi connectivity index (χ2n) is 6.47. The topological polar surface area (TPSA) is 54.5 Å². The van der Waals surface area contributed by atoms with Crippen LogP contribution >= 0.6 is 11.8 Å². The summed E-state index contributed by atoms with van der Waals surface area (Å²) in [6, 6.07) is 24.1. The lowest BCUT2D eigenvalue weighted by Gasteiger charge is -2.13. The molecule has 1 heterocycles. The molecule has 0 fully saturated rings. The fraction of sp³-hybridized carbons (Fsp3) is 0.0870. The minimum Gasteiger partial charge on any atom is -0.270 e. The van der Waals surface area contributed by atoms with Gasteiger partial charge < -0.3 is 0 Å². The zero-order valence-electron chi connectivity index (χ0n) is 15.7. The highest BCUT2D eigenvalue weighted by Gasteiger charge is 2.20. The van der Waals surface area contributed by atoms with Crippen molar-refractivity contribution in [2.24, 2.45) is 0 Å². The highest BCUT2D eigenvalue weighted by atomic mass is 32.2. The molecular formula is C23H17FN4S. The fourth-order valence-corrected chi connectivity index (χ4v) is 4.06. The van der Waals surface area contributed by atoms with Crippen molar-refractivity contribution in [1.82, 2.24) is 14.8 Å². The third kappa shape index (κ3) is 3.78. The van der Waals surface area contributed by atoms with Crippen molar-refractivity contribution in [2.45, 2.75) is 17.8 Å².